The van der Waals surface area contributed by atoms with Gasteiger partial charge in [0.2, 0.25) is 0 Å². The van der Waals surface area contributed by atoms with E-state index in [0.29, 0.717) is 0 Å². The fourth-order valence-corrected chi connectivity index (χ4v) is 3.53. The second-order valence-corrected chi connectivity index (χ2v) is 6.99. The number of carbonyl (C=O) groups is 3. The van der Waals surface area contributed by atoms with E-state index in [1.807, 2.05) is 48.5 Å². The van der Waals surface area contributed by atoms with Crippen LogP contribution in [0.5, 0.6) is 0 Å². The van der Waals surface area contributed by atoms with Crippen molar-refractivity contribution in [1.82, 2.24) is 5.32 Å². The Bertz CT molecular complexity index is 924. The summed E-state index contributed by atoms with van der Waals surface area (Å²) in [5, 5.41) is 11.6. The van der Waals surface area contributed by atoms with Crippen LogP contribution in [-0.4, -0.2) is 42.4 Å². The Labute approximate surface area is 174 Å². The van der Waals surface area contributed by atoms with Gasteiger partial charge >= 0.3 is 18.0 Å². The number of aliphatic carboxylic acids is 1. The largest absolute Gasteiger partial charge is 0.481 e. The summed E-state index contributed by atoms with van der Waals surface area (Å²) in [5.74, 6) is -3.44. The molecule has 1 amide bonds. The van der Waals surface area contributed by atoms with Crippen molar-refractivity contribution in [3.8, 4) is 11.1 Å². The van der Waals surface area contributed by atoms with Crippen molar-refractivity contribution in [2.75, 3.05) is 13.2 Å². The number of carboxylic acids is 1. The van der Waals surface area contributed by atoms with E-state index in [-0.39, 0.29) is 19.1 Å². The highest BCUT2D eigenvalue weighted by Gasteiger charge is 2.34. The summed E-state index contributed by atoms with van der Waals surface area (Å²) in [4.78, 5) is 35.9. The minimum Gasteiger partial charge on any atom is -0.481 e. The highest BCUT2D eigenvalue weighted by atomic mass is 16.6. The SMILES string of the molecule is C=CCOC(=O)[C@@H](NC(=O)OCC1c2ccccc2-c2ccccc21)[C@H](C)C(=O)O. The fourth-order valence-electron chi connectivity index (χ4n) is 3.53. The maximum atomic E-state index is 12.4. The third-order valence-corrected chi connectivity index (χ3v) is 5.10. The van der Waals surface area contributed by atoms with Gasteiger partial charge in [0, 0.05) is 5.92 Å². The molecule has 3 rings (SSSR count). The van der Waals surface area contributed by atoms with Crippen LogP contribution < -0.4 is 5.32 Å². The molecule has 0 saturated heterocycles. The summed E-state index contributed by atoms with van der Waals surface area (Å²) in [7, 11) is 0. The average molecular weight is 409 g/mol. The number of rotatable bonds is 8. The highest BCUT2D eigenvalue weighted by molar-refractivity contribution is 5.87. The lowest BCUT2D eigenvalue weighted by Gasteiger charge is -2.21. The predicted molar refractivity (Wildman–Crippen MR) is 110 cm³/mol. The molecule has 0 heterocycles. The lowest BCUT2D eigenvalue weighted by atomic mass is 9.98. The number of alkyl carbamates (subject to hydrolysis) is 1. The lowest BCUT2D eigenvalue weighted by Crippen LogP contribution is -2.48. The van der Waals surface area contributed by atoms with Crippen molar-refractivity contribution >= 4 is 18.0 Å². The van der Waals surface area contributed by atoms with Crippen LogP contribution in [0.2, 0.25) is 0 Å². The van der Waals surface area contributed by atoms with Crippen molar-refractivity contribution < 1.29 is 29.0 Å². The molecular formula is C23H23NO6. The second-order valence-electron chi connectivity index (χ2n) is 6.99. The summed E-state index contributed by atoms with van der Waals surface area (Å²) in [6, 6.07) is 14.4. The van der Waals surface area contributed by atoms with Gasteiger partial charge in [-0.25, -0.2) is 9.59 Å². The van der Waals surface area contributed by atoms with Crippen molar-refractivity contribution in [1.29, 1.82) is 0 Å². The van der Waals surface area contributed by atoms with E-state index in [2.05, 4.69) is 11.9 Å². The summed E-state index contributed by atoms with van der Waals surface area (Å²) >= 11 is 0. The van der Waals surface area contributed by atoms with Crippen LogP contribution in [0.25, 0.3) is 11.1 Å². The Kier molecular flexibility index (Phi) is 6.51. The maximum absolute atomic E-state index is 12.4. The number of carboxylic acid groups (broad SMARTS) is 1. The molecule has 0 fully saturated rings. The van der Waals surface area contributed by atoms with Gasteiger partial charge in [0.25, 0.3) is 0 Å². The van der Waals surface area contributed by atoms with Gasteiger partial charge in [0.1, 0.15) is 19.3 Å². The zero-order chi connectivity index (χ0) is 21.7. The van der Waals surface area contributed by atoms with Crippen molar-refractivity contribution in [2.45, 2.75) is 18.9 Å². The number of ether oxygens (including phenoxy) is 2. The summed E-state index contributed by atoms with van der Waals surface area (Å²) in [6.07, 6.45) is 0.471. The molecule has 7 nitrogen and oxygen atoms in total. The van der Waals surface area contributed by atoms with Gasteiger partial charge in [0.05, 0.1) is 5.92 Å². The summed E-state index contributed by atoms with van der Waals surface area (Å²) in [6.45, 7) is 4.71. The van der Waals surface area contributed by atoms with Crippen LogP contribution in [0.3, 0.4) is 0 Å². The van der Waals surface area contributed by atoms with Crippen LogP contribution in [-0.2, 0) is 19.1 Å². The third kappa shape index (κ3) is 4.35. The molecule has 0 aromatic heterocycles. The van der Waals surface area contributed by atoms with Gasteiger partial charge in [-0.3, -0.25) is 4.79 Å². The maximum Gasteiger partial charge on any atom is 0.407 e. The van der Waals surface area contributed by atoms with Gasteiger partial charge < -0.3 is 19.9 Å². The smallest absolute Gasteiger partial charge is 0.407 e. The molecule has 7 heteroatoms. The number of carbonyl (C=O) groups excluding carboxylic acids is 2. The molecule has 2 aromatic carbocycles. The Morgan fingerprint density at radius 1 is 1.07 bits per heavy atom. The standard InChI is InChI=1S/C23H23NO6/c1-3-12-29-22(27)20(14(2)21(25)26)24-23(28)30-13-19-17-10-6-4-8-15(17)16-9-5-7-11-18(16)19/h3-11,14,19-20H,1,12-13H2,2H3,(H,24,28)(H,25,26)/t14-,20-/m0/s1. The summed E-state index contributed by atoms with van der Waals surface area (Å²) in [5.41, 5.74) is 4.28. The Hall–Kier alpha value is -3.61. The fraction of sp³-hybridized carbons (Fsp3) is 0.261. The Balaban J connectivity index is 1.70. The predicted octanol–water partition coefficient (Wildman–Crippen LogP) is 3.34. The first kappa shape index (κ1) is 21.1. The average Bonchev–Trinajstić information content (AvgIpc) is 3.07. The molecule has 2 aromatic rings. The first-order valence-corrected chi connectivity index (χ1v) is 9.56. The van der Waals surface area contributed by atoms with E-state index in [1.54, 1.807) is 0 Å². The molecule has 0 bridgehead atoms. The van der Waals surface area contributed by atoms with E-state index in [1.165, 1.54) is 13.0 Å². The molecule has 1 aliphatic rings. The van der Waals surface area contributed by atoms with Crippen LogP contribution in [0.4, 0.5) is 4.79 Å². The molecule has 0 saturated carbocycles. The number of hydrogen-bond donors (Lipinski definition) is 2. The molecule has 0 spiro atoms. The zero-order valence-corrected chi connectivity index (χ0v) is 16.5. The van der Waals surface area contributed by atoms with Crippen molar-refractivity contribution in [3.05, 3.63) is 72.3 Å². The minimum absolute atomic E-state index is 0.0513. The molecular weight excluding hydrogens is 386 g/mol. The third-order valence-electron chi connectivity index (χ3n) is 5.10. The number of amides is 1. The van der Waals surface area contributed by atoms with E-state index >= 15 is 0 Å². The normalized spacial score (nSPS) is 14.0. The van der Waals surface area contributed by atoms with E-state index < -0.39 is 30.0 Å². The zero-order valence-electron chi connectivity index (χ0n) is 16.5. The number of esters is 1. The van der Waals surface area contributed by atoms with Gasteiger partial charge in [0.15, 0.2) is 0 Å². The molecule has 2 atom stereocenters. The molecule has 0 radical (unpaired) electrons. The highest BCUT2D eigenvalue weighted by Crippen LogP contribution is 2.44. The Morgan fingerprint density at radius 3 is 2.17 bits per heavy atom. The Morgan fingerprint density at radius 2 is 1.63 bits per heavy atom. The van der Waals surface area contributed by atoms with Crippen LogP contribution >= 0.6 is 0 Å². The lowest BCUT2D eigenvalue weighted by molar-refractivity contribution is -0.153. The first-order chi connectivity index (χ1) is 14.4. The monoisotopic (exact) mass is 409 g/mol. The van der Waals surface area contributed by atoms with Gasteiger partial charge in [-0.2, -0.15) is 0 Å². The number of fused-ring (bicyclic) bond motifs is 3. The van der Waals surface area contributed by atoms with Gasteiger partial charge in [-0.15, -0.1) is 0 Å². The molecule has 0 unspecified atom stereocenters. The van der Waals surface area contributed by atoms with Gasteiger partial charge in [-0.05, 0) is 29.2 Å². The van der Waals surface area contributed by atoms with E-state index in [4.69, 9.17) is 9.47 Å². The quantitative estimate of drug-likeness (QED) is 0.512. The number of benzene rings is 2. The van der Waals surface area contributed by atoms with Crippen molar-refractivity contribution in [2.24, 2.45) is 5.92 Å². The van der Waals surface area contributed by atoms with Crippen LogP contribution in [0, 0.1) is 5.92 Å². The second kappa shape index (κ2) is 9.26. The first-order valence-electron chi connectivity index (χ1n) is 9.56. The summed E-state index contributed by atoms with van der Waals surface area (Å²) < 4.78 is 10.3. The molecule has 30 heavy (non-hydrogen) atoms. The molecule has 0 aliphatic heterocycles. The number of nitrogens with one attached hydrogen (secondary N) is 1. The van der Waals surface area contributed by atoms with Gasteiger partial charge in [-0.1, -0.05) is 61.2 Å². The number of hydrogen-bond acceptors (Lipinski definition) is 5. The minimum atomic E-state index is -1.38. The topological polar surface area (TPSA) is 102 Å². The van der Waals surface area contributed by atoms with Crippen LogP contribution in [0.1, 0.15) is 24.0 Å². The van der Waals surface area contributed by atoms with Crippen molar-refractivity contribution in [3.63, 3.8) is 0 Å². The molecule has 156 valence electrons. The van der Waals surface area contributed by atoms with E-state index in [9.17, 15) is 19.5 Å². The van der Waals surface area contributed by atoms with E-state index in [0.717, 1.165) is 22.3 Å². The molecule has 1 aliphatic carbocycles. The molecule has 2 N–H and O–H groups in total. The van der Waals surface area contributed by atoms with Crippen LogP contribution in [0.15, 0.2) is 61.2 Å².